The van der Waals surface area contributed by atoms with Gasteiger partial charge in [-0.2, -0.15) is 5.10 Å². The number of aromatic hydroxyl groups is 1. The summed E-state index contributed by atoms with van der Waals surface area (Å²) in [6.07, 6.45) is 1.47. The van der Waals surface area contributed by atoms with Crippen LogP contribution in [0.2, 0.25) is 0 Å². The number of carbonyl (C=O) groups excluding carboxylic acids is 1. The van der Waals surface area contributed by atoms with Crippen molar-refractivity contribution in [1.82, 2.24) is 20.2 Å². The maximum Gasteiger partial charge on any atom is 0.250 e. The van der Waals surface area contributed by atoms with Crippen LogP contribution < -0.4 is 5.43 Å². The highest BCUT2D eigenvalue weighted by Crippen LogP contribution is 2.28. The third kappa shape index (κ3) is 4.95. The Labute approximate surface area is 168 Å². The van der Waals surface area contributed by atoms with Crippen LogP contribution in [0, 0.1) is 0 Å². The molecule has 2 N–H and O–H groups in total. The second-order valence-electron chi connectivity index (χ2n) is 5.52. The smallest absolute Gasteiger partial charge is 0.250 e. The van der Waals surface area contributed by atoms with Crippen LogP contribution in [0.4, 0.5) is 0 Å². The first-order chi connectivity index (χ1) is 13.0. The number of rotatable bonds is 6. The molecule has 0 bridgehead atoms. The zero-order valence-electron chi connectivity index (χ0n) is 14.3. The van der Waals surface area contributed by atoms with E-state index in [0.29, 0.717) is 16.5 Å². The first-order valence-electron chi connectivity index (χ1n) is 7.92. The number of aromatic nitrogens is 3. The van der Waals surface area contributed by atoms with E-state index in [4.69, 9.17) is 0 Å². The van der Waals surface area contributed by atoms with Crippen LogP contribution in [0.25, 0.3) is 11.4 Å². The number of hydrazone groups is 1. The molecular formula is C18H16BrN5O2S. The topological polar surface area (TPSA) is 92.4 Å². The molecule has 1 amide bonds. The van der Waals surface area contributed by atoms with Gasteiger partial charge in [-0.15, -0.1) is 10.2 Å². The summed E-state index contributed by atoms with van der Waals surface area (Å²) in [5.74, 6) is 0.748. The third-order valence-electron chi connectivity index (χ3n) is 3.56. The molecule has 1 heterocycles. The van der Waals surface area contributed by atoms with Crippen LogP contribution in [0.5, 0.6) is 5.75 Å². The summed E-state index contributed by atoms with van der Waals surface area (Å²) >= 11 is 4.78. The molecule has 2 aromatic carbocycles. The third-order valence-corrected chi connectivity index (χ3v) is 5.27. The van der Waals surface area contributed by atoms with Crippen LogP contribution in [-0.4, -0.2) is 37.7 Å². The van der Waals surface area contributed by atoms with Gasteiger partial charge in [0.2, 0.25) is 0 Å². The number of nitrogens with zero attached hydrogens (tertiary/aromatic N) is 4. The number of carbonyl (C=O) groups is 1. The molecule has 9 heteroatoms. The van der Waals surface area contributed by atoms with Crippen LogP contribution >= 0.6 is 27.7 Å². The molecule has 0 aliphatic carbocycles. The molecule has 0 aliphatic heterocycles. The molecule has 3 rings (SSSR count). The molecule has 27 heavy (non-hydrogen) atoms. The van der Waals surface area contributed by atoms with Gasteiger partial charge in [-0.3, -0.25) is 4.79 Å². The minimum absolute atomic E-state index is 0.143. The van der Waals surface area contributed by atoms with Gasteiger partial charge in [0, 0.05) is 17.1 Å². The molecule has 0 unspecified atom stereocenters. The van der Waals surface area contributed by atoms with E-state index < -0.39 is 0 Å². The van der Waals surface area contributed by atoms with Crippen LogP contribution in [0.15, 0.2) is 63.3 Å². The van der Waals surface area contributed by atoms with Crippen LogP contribution in [-0.2, 0) is 11.8 Å². The Bertz CT molecular complexity index is 989. The average molecular weight is 446 g/mol. The maximum absolute atomic E-state index is 12.0. The highest BCUT2D eigenvalue weighted by atomic mass is 79.9. The highest BCUT2D eigenvalue weighted by molar-refractivity contribution is 9.10. The quantitative estimate of drug-likeness (QED) is 0.345. The Morgan fingerprint density at radius 2 is 2.11 bits per heavy atom. The largest absolute Gasteiger partial charge is 0.508 e. The maximum atomic E-state index is 12.0. The SMILES string of the molecule is Cn1c(SCC(=O)N/N=C\c2cccc(O)c2)nnc1-c1ccccc1Br. The zero-order chi connectivity index (χ0) is 19.2. The molecule has 0 aliphatic rings. The van der Waals surface area contributed by atoms with Crippen molar-refractivity contribution >= 4 is 39.8 Å². The van der Waals surface area contributed by atoms with Crippen molar-refractivity contribution in [3.63, 3.8) is 0 Å². The predicted molar refractivity (Wildman–Crippen MR) is 109 cm³/mol. The number of amides is 1. The van der Waals surface area contributed by atoms with E-state index in [1.165, 1.54) is 18.0 Å². The molecule has 138 valence electrons. The number of phenols is 1. The van der Waals surface area contributed by atoms with Crippen molar-refractivity contribution in [2.45, 2.75) is 5.16 Å². The lowest BCUT2D eigenvalue weighted by Gasteiger charge is -2.05. The van der Waals surface area contributed by atoms with Crippen molar-refractivity contribution in [2.75, 3.05) is 5.75 Å². The van der Waals surface area contributed by atoms with Crippen molar-refractivity contribution < 1.29 is 9.90 Å². The normalized spacial score (nSPS) is 11.0. The fourth-order valence-corrected chi connectivity index (χ4v) is 3.43. The molecule has 0 atom stereocenters. The number of hydrogen-bond acceptors (Lipinski definition) is 6. The Hall–Kier alpha value is -2.65. The van der Waals surface area contributed by atoms with Gasteiger partial charge in [-0.1, -0.05) is 58.0 Å². The molecule has 7 nitrogen and oxygen atoms in total. The lowest BCUT2D eigenvalue weighted by Crippen LogP contribution is -2.19. The summed E-state index contributed by atoms with van der Waals surface area (Å²) < 4.78 is 2.77. The first-order valence-corrected chi connectivity index (χ1v) is 9.70. The Balaban J connectivity index is 1.57. The number of thioether (sulfide) groups is 1. The molecule has 0 saturated carbocycles. The van der Waals surface area contributed by atoms with E-state index in [1.807, 2.05) is 35.9 Å². The summed E-state index contributed by atoms with van der Waals surface area (Å²) in [6.45, 7) is 0. The average Bonchev–Trinajstić information content (AvgIpc) is 3.01. The fourth-order valence-electron chi connectivity index (χ4n) is 2.26. The van der Waals surface area contributed by atoms with Gasteiger partial charge < -0.3 is 9.67 Å². The summed E-state index contributed by atoms with van der Waals surface area (Å²) in [6, 6.07) is 14.3. The van der Waals surface area contributed by atoms with E-state index in [9.17, 15) is 9.90 Å². The first kappa shape index (κ1) is 19.1. The van der Waals surface area contributed by atoms with Crippen LogP contribution in [0.1, 0.15) is 5.56 Å². The number of benzene rings is 2. The molecular weight excluding hydrogens is 430 g/mol. The lowest BCUT2D eigenvalue weighted by molar-refractivity contribution is -0.118. The molecule has 3 aromatic rings. The van der Waals surface area contributed by atoms with E-state index in [2.05, 4.69) is 36.7 Å². The second kappa shape index (κ2) is 8.83. The number of hydrogen-bond donors (Lipinski definition) is 2. The Kier molecular flexibility index (Phi) is 6.25. The van der Waals surface area contributed by atoms with Crippen molar-refractivity contribution in [3.05, 3.63) is 58.6 Å². The lowest BCUT2D eigenvalue weighted by atomic mass is 10.2. The molecule has 0 radical (unpaired) electrons. The van der Waals surface area contributed by atoms with Gasteiger partial charge >= 0.3 is 0 Å². The molecule has 0 spiro atoms. The summed E-state index contributed by atoms with van der Waals surface area (Å²) in [5, 5.41) is 22.3. The zero-order valence-corrected chi connectivity index (χ0v) is 16.7. The van der Waals surface area contributed by atoms with E-state index in [0.717, 1.165) is 10.0 Å². The standard InChI is InChI=1S/C18H16BrN5O2S/c1-24-17(14-7-2-3-8-15(14)19)22-23-18(24)27-11-16(26)21-20-10-12-5-4-6-13(25)9-12/h2-10,25H,11H2,1H3,(H,21,26)/b20-10-. The number of phenolic OH excluding ortho intramolecular Hbond substituents is 1. The summed E-state index contributed by atoms with van der Waals surface area (Å²) in [5.41, 5.74) is 4.07. The predicted octanol–water partition coefficient (Wildman–Crippen LogP) is 3.19. The van der Waals surface area contributed by atoms with Gasteiger partial charge in [-0.25, -0.2) is 5.43 Å². The van der Waals surface area contributed by atoms with Gasteiger partial charge in [0.15, 0.2) is 11.0 Å². The van der Waals surface area contributed by atoms with Gasteiger partial charge in [0.1, 0.15) is 5.75 Å². The Morgan fingerprint density at radius 3 is 2.89 bits per heavy atom. The van der Waals surface area contributed by atoms with Gasteiger partial charge in [0.25, 0.3) is 5.91 Å². The van der Waals surface area contributed by atoms with E-state index in [-0.39, 0.29) is 17.4 Å². The fraction of sp³-hybridized carbons (Fsp3) is 0.111. The van der Waals surface area contributed by atoms with Crippen molar-refractivity contribution in [2.24, 2.45) is 12.1 Å². The second-order valence-corrected chi connectivity index (χ2v) is 7.32. The van der Waals surface area contributed by atoms with E-state index in [1.54, 1.807) is 24.3 Å². The number of halogens is 1. The van der Waals surface area contributed by atoms with Crippen molar-refractivity contribution in [3.8, 4) is 17.1 Å². The monoisotopic (exact) mass is 445 g/mol. The van der Waals surface area contributed by atoms with E-state index >= 15 is 0 Å². The molecule has 0 fully saturated rings. The summed E-state index contributed by atoms with van der Waals surface area (Å²) in [7, 11) is 1.86. The molecule has 0 saturated heterocycles. The van der Waals surface area contributed by atoms with Crippen LogP contribution in [0.3, 0.4) is 0 Å². The number of nitrogens with one attached hydrogen (secondary N) is 1. The minimum Gasteiger partial charge on any atom is -0.508 e. The minimum atomic E-state index is -0.262. The molecule has 1 aromatic heterocycles. The van der Waals surface area contributed by atoms with Gasteiger partial charge in [-0.05, 0) is 23.8 Å². The highest BCUT2D eigenvalue weighted by Gasteiger charge is 2.14. The van der Waals surface area contributed by atoms with Crippen molar-refractivity contribution in [1.29, 1.82) is 0 Å². The summed E-state index contributed by atoms with van der Waals surface area (Å²) in [4.78, 5) is 12.0. The van der Waals surface area contributed by atoms with Gasteiger partial charge in [0.05, 0.1) is 12.0 Å². The Morgan fingerprint density at radius 1 is 1.30 bits per heavy atom.